The van der Waals surface area contributed by atoms with E-state index < -0.39 is 0 Å². The van der Waals surface area contributed by atoms with Gasteiger partial charge >= 0.3 is 0 Å². The summed E-state index contributed by atoms with van der Waals surface area (Å²) in [5.74, 6) is 0. The minimum atomic E-state index is 1.03. The van der Waals surface area contributed by atoms with Crippen LogP contribution in [0.15, 0.2) is 84.9 Å². The van der Waals surface area contributed by atoms with Crippen LogP contribution >= 0.6 is 0 Å². The van der Waals surface area contributed by atoms with Crippen molar-refractivity contribution in [1.82, 2.24) is 0 Å². The first-order valence-electron chi connectivity index (χ1n) is 9.76. The Morgan fingerprint density at radius 1 is 0.407 bits per heavy atom. The van der Waals surface area contributed by atoms with E-state index in [1.165, 1.54) is 50.1 Å². The molecule has 0 saturated heterocycles. The first-order chi connectivity index (χ1) is 13.4. The number of benzene rings is 4. The molecule has 0 nitrogen and oxygen atoms in total. The molecule has 0 aromatic heterocycles. The molecule has 0 amide bonds. The van der Waals surface area contributed by atoms with E-state index in [0.29, 0.717) is 0 Å². The molecule has 4 aromatic rings. The quantitative estimate of drug-likeness (QED) is 0.323. The highest BCUT2D eigenvalue weighted by Gasteiger charge is 2.26. The molecular weight excluding hydrogens is 324 g/mol. The number of hydrogen-bond acceptors (Lipinski definition) is 0. The van der Waals surface area contributed by atoms with Gasteiger partial charge in [-0.1, -0.05) is 84.9 Å². The molecule has 0 spiro atoms. The minimum Gasteiger partial charge on any atom is -0.0622 e. The van der Waals surface area contributed by atoms with E-state index in [9.17, 15) is 0 Å². The van der Waals surface area contributed by atoms with Gasteiger partial charge in [-0.2, -0.15) is 0 Å². The van der Waals surface area contributed by atoms with Gasteiger partial charge in [-0.3, -0.25) is 0 Å². The Balaban J connectivity index is 1.52. The Morgan fingerprint density at radius 3 is 2.00 bits per heavy atom. The second-order valence-electron chi connectivity index (χ2n) is 7.73. The SMILES string of the molecule is c1ccc(-c2cccc3c2Cc2ccc4c(c2C3)-c2ccccc2C4)cc1. The monoisotopic (exact) mass is 344 g/mol. The summed E-state index contributed by atoms with van der Waals surface area (Å²) in [4.78, 5) is 0. The Morgan fingerprint density at radius 2 is 1.07 bits per heavy atom. The van der Waals surface area contributed by atoms with E-state index in [0.717, 1.165) is 19.3 Å². The van der Waals surface area contributed by atoms with Crippen LogP contribution in [-0.2, 0) is 19.3 Å². The highest BCUT2D eigenvalue weighted by Crippen LogP contribution is 2.44. The average molecular weight is 344 g/mol. The second kappa shape index (κ2) is 5.69. The molecule has 128 valence electrons. The minimum absolute atomic E-state index is 1.03. The predicted octanol–water partition coefficient (Wildman–Crippen LogP) is 6.42. The number of rotatable bonds is 1. The molecule has 6 rings (SSSR count). The van der Waals surface area contributed by atoms with Gasteiger partial charge in [0.2, 0.25) is 0 Å². The van der Waals surface area contributed by atoms with Crippen molar-refractivity contribution in [3.63, 3.8) is 0 Å². The molecule has 0 heterocycles. The summed E-state index contributed by atoms with van der Waals surface area (Å²) in [5, 5.41) is 0. The van der Waals surface area contributed by atoms with Crippen molar-refractivity contribution >= 4 is 0 Å². The molecular formula is C27H20. The number of hydrogen-bond donors (Lipinski definition) is 0. The smallest absolute Gasteiger partial charge is 0.00133 e. The van der Waals surface area contributed by atoms with Gasteiger partial charge in [0.25, 0.3) is 0 Å². The van der Waals surface area contributed by atoms with Crippen LogP contribution in [0.5, 0.6) is 0 Å². The standard InChI is InChI=1S/C27H20/c1-2-7-18(8-3-1)23-12-6-10-20-17-26-21(16-25(20)23)13-14-22-15-19-9-4-5-11-24(19)27(22)26/h1-14H,15-17H2. The van der Waals surface area contributed by atoms with Crippen molar-refractivity contribution < 1.29 is 0 Å². The Bertz CT molecular complexity index is 1180. The third-order valence-corrected chi connectivity index (χ3v) is 6.26. The Kier molecular flexibility index (Phi) is 3.16. The van der Waals surface area contributed by atoms with E-state index in [1.807, 2.05) is 0 Å². The summed E-state index contributed by atoms with van der Waals surface area (Å²) in [6.45, 7) is 0. The fourth-order valence-corrected chi connectivity index (χ4v) is 4.99. The third-order valence-electron chi connectivity index (χ3n) is 6.26. The van der Waals surface area contributed by atoms with Gasteiger partial charge < -0.3 is 0 Å². The molecule has 0 radical (unpaired) electrons. The molecule has 4 aromatic carbocycles. The van der Waals surface area contributed by atoms with Gasteiger partial charge in [-0.05, 0) is 74.9 Å². The van der Waals surface area contributed by atoms with E-state index in [1.54, 1.807) is 5.56 Å². The summed E-state index contributed by atoms with van der Waals surface area (Å²) in [5.41, 5.74) is 14.7. The summed E-state index contributed by atoms with van der Waals surface area (Å²) in [6, 6.07) is 31.3. The zero-order valence-corrected chi connectivity index (χ0v) is 15.2. The number of fused-ring (bicyclic) bond motifs is 6. The lowest BCUT2D eigenvalue weighted by molar-refractivity contribution is 1.00. The molecule has 0 unspecified atom stereocenters. The van der Waals surface area contributed by atoms with Crippen LogP contribution in [0.25, 0.3) is 22.3 Å². The van der Waals surface area contributed by atoms with Crippen molar-refractivity contribution in [3.05, 3.63) is 118 Å². The van der Waals surface area contributed by atoms with Crippen LogP contribution in [0, 0.1) is 0 Å². The maximum absolute atomic E-state index is 2.38. The van der Waals surface area contributed by atoms with Crippen molar-refractivity contribution in [2.45, 2.75) is 19.3 Å². The Hall–Kier alpha value is -3.12. The topological polar surface area (TPSA) is 0 Å². The van der Waals surface area contributed by atoms with Gasteiger partial charge in [0.15, 0.2) is 0 Å². The van der Waals surface area contributed by atoms with E-state index in [-0.39, 0.29) is 0 Å². The van der Waals surface area contributed by atoms with Crippen molar-refractivity contribution in [2.24, 2.45) is 0 Å². The van der Waals surface area contributed by atoms with E-state index in [4.69, 9.17) is 0 Å². The van der Waals surface area contributed by atoms with Gasteiger partial charge in [-0.25, -0.2) is 0 Å². The van der Waals surface area contributed by atoms with Gasteiger partial charge in [0.1, 0.15) is 0 Å². The fourth-order valence-electron chi connectivity index (χ4n) is 4.99. The van der Waals surface area contributed by atoms with Gasteiger partial charge in [0.05, 0.1) is 0 Å². The summed E-state index contributed by atoms with van der Waals surface area (Å²) in [6.07, 6.45) is 3.16. The molecule has 0 heteroatoms. The zero-order valence-electron chi connectivity index (χ0n) is 15.2. The highest BCUT2D eigenvalue weighted by molar-refractivity contribution is 5.82. The highest BCUT2D eigenvalue weighted by atomic mass is 14.3. The van der Waals surface area contributed by atoms with Crippen LogP contribution in [0.4, 0.5) is 0 Å². The lowest BCUT2D eigenvalue weighted by atomic mass is 9.79. The fraction of sp³-hybridized carbons (Fsp3) is 0.111. The normalized spacial score (nSPS) is 13.5. The summed E-state index contributed by atoms with van der Waals surface area (Å²) >= 11 is 0. The van der Waals surface area contributed by atoms with E-state index >= 15 is 0 Å². The lowest BCUT2D eigenvalue weighted by Crippen LogP contribution is -2.10. The molecule has 0 N–H and O–H groups in total. The van der Waals surface area contributed by atoms with Crippen LogP contribution in [0.2, 0.25) is 0 Å². The molecule has 0 saturated carbocycles. The molecule has 0 bridgehead atoms. The Labute approximate surface area is 160 Å². The van der Waals surface area contributed by atoms with Crippen molar-refractivity contribution in [1.29, 1.82) is 0 Å². The third kappa shape index (κ3) is 2.23. The molecule has 2 aliphatic rings. The average Bonchev–Trinajstić information content (AvgIpc) is 3.11. The molecule has 0 aliphatic heterocycles. The maximum atomic E-state index is 2.38. The maximum Gasteiger partial charge on any atom is -0.00133 e. The first-order valence-corrected chi connectivity index (χ1v) is 9.76. The summed E-state index contributed by atoms with van der Waals surface area (Å²) < 4.78 is 0. The summed E-state index contributed by atoms with van der Waals surface area (Å²) in [7, 11) is 0. The van der Waals surface area contributed by atoms with Crippen molar-refractivity contribution in [3.8, 4) is 22.3 Å². The molecule has 2 aliphatic carbocycles. The van der Waals surface area contributed by atoms with Crippen LogP contribution < -0.4 is 0 Å². The molecule has 27 heavy (non-hydrogen) atoms. The van der Waals surface area contributed by atoms with Crippen LogP contribution in [-0.4, -0.2) is 0 Å². The largest absolute Gasteiger partial charge is 0.0622 e. The zero-order chi connectivity index (χ0) is 17.8. The molecule has 0 fully saturated rings. The van der Waals surface area contributed by atoms with Gasteiger partial charge in [0, 0.05) is 0 Å². The predicted molar refractivity (Wildman–Crippen MR) is 112 cm³/mol. The first kappa shape index (κ1) is 15.0. The second-order valence-corrected chi connectivity index (χ2v) is 7.73. The van der Waals surface area contributed by atoms with Crippen LogP contribution in [0.1, 0.15) is 33.4 Å². The molecule has 0 atom stereocenters. The van der Waals surface area contributed by atoms with E-state index in [2.05, 4.69) is 84.9 Å². The van der Waals surface area contributed by atoms with Crippen LogP contribution in [0.3, 0.4) is 0 Å². The van der Waals surface area contributed by atoms with Gasteiger partial charge in [-0.15, -0.1) is 0 Å². The lowest BCUT2D eigenvalue weighted by Gasteiger charge is -2.25. The van der Waals surface area contributed by atoms with Crippen molar-refractivity contribution in [2.75, 3.05) is 0 Å².